The smallest absolute Gasteiger partial charge is 0.262 e. The summed E-state index contributed by atoms with van der Waals surface area (Å²) in [5.74, 6) is 0.862. The van der Waals surface area contributed by atoms with Crippen molar-refractivity contribution in [2.24, 2.45) is 7.05 Å². The maximum atomic E-state index is 13.1. The number of aryl methyl sites for hydroxylation is 1. The van der Waals surface area contributed by atoms with Crippen LogP contribution in [0.3, 0.4) is 0 Å². The number of hydrogen-bond acceptors (Lipinski definition) is 5. The van der Waals surface area contributed by atoms with Gasteiger partial charge in [-0.3, -0.25) is 9.48 Å². The standard InChI is InChI=1S/C23H27N5O3/c1-22-7-8-23(13-22,14-30-22)18-12-28-11-16(21(29)25-19-6-9-27(2)26-19)17(10-20(28)24-18)31-15-4-3-5-15/h6,9-12,15H,3-5,7-8,13-14H2,1-2H3,(H,25,26,29). The second kappa shape index (κ2) is 6.56. The minimum absolute atomic E-state index is 0.0217. The molecule has 2 unspecified atom stereocenters. The third-order valence-electron chi connectivity index (χ3n) is 7.19. The van der Waals surface area contributed by atoms with Crippen molar-refractivity contribution in [1.29, 1.82) is 0 Å². The fourth-order valence-corrected chi connectivity index (χ4v) is 5.12. The maximum absolute atomic E-state index is 13.1. The Kier molecular flexibility index (Phi) is 3.99. The highest BCUT2D eigenvalue weighted by Crippen LogP contribution is 2.53. The van der Waals surface area contributed by atoms with Crippen molar-refractivity contribution in [3.63, 3.8) is 0 Å². The lowest BCUT2D eigenvalue weighted by molar-refractivity contribution is -0.00627. The first-order chi connectivity index (χ1) is 14.9. The largest absolute Gasteiger partial charge is 0.489 e. The molecule has 0 aromatic carbocycles. The SMILES string of the molecule is Cn1ccc(NC(=O)c2cn3cc(C45CCC(C)(C4)OC5)nc3cc2OC2CCC2)n1. The van der Waals surface area contributed by atoms with Crippen LogP contribution in [0, 0.1) is 0 Å². The van der Waals surface area contributed by atoms with Crippen molar-refractivity contribution in [2.75, 3.05) is 11.9 Å². The molecule has 2 bridgehead atoms. The van der Waals surface area contributed by atoms with Crippen molar-refractivity contribution >= 4 is 17.4 Å². The number of rotatable bonds is 5. The van der Waals surface area contributed by atoms with Gasteiger partial charge in [-0.1, -0.05) is 0 Å². The number of aromatic nitrogens is 4. The molecule has 6 rings (SSSR count). The minimum Gasteiger partial charge on any atom is -0.489 e. The monoisotopic (exact) mass is 421 g/mol. The van der Waals surface area contributed by atoms with Crippen molar-refractivity contribution in [2.45, 2.75) is 62.6 Å². The van der Waals surface area contributed by atoms with E-state index in [4.69, 9.17) is 14.5 Å². The molecule has 0 radical (unpaired) electrons. The van der Waals surface area contributed by atoms with Crippen LogP contribution in [0.4, 0.5) is 5.82 Å². The summed E-state index contributed by atoms with van der Waals surface area (Å²) < 4.78 is 15.9. The van der Waals surface area contributed by atoms with Gasteiger partial charge in [0.2, 0.25) is 0 Å². The van der Waals surface area contributed by atoms with Crippen LogP contribution in [0.5, 0.6) is 5.75 Å². The number of nitrogens with one attached hydrogen (secondary N) is 1. The van der Waals surface area contributed by atoms with Crippen LogP contribution in [0.2, 0.25) is 0 Å². The number of anilines is 1. The van der Waals surface area contributed by atoms with Gasteiger partial charge in [0.25, 0.3) is 5.91 Å². The van der Waals surface area contributed by atoms with Crippen LogP contribution in [0.25, 0.3) is 5.65 Å². The Bertz CT molecular complexity index is 1170. The van der Waals surface area contributed by atoms with Gasteiger partial charge in [0.05, 0.1) is 29.6 Å². The van der Waals surface area contributed by atoms with Gasteiger partial charge in [-0.25, -0.2) is 4.98 Å². The highest BCUT2D eigenvalue weighted by molar-refractivity contribution is 6.05. The topological polar surface area (TPSA) is 82.7 Å². The molecule has 2 aliphatic carbocycles. The average Bonchev–Trinajstić information content (AvgIpc) is 3.46. The van der Waals surface area contributed by atoms with E-state index in [0.29, 0.717) is 23.7 Å². The first-order valence-electron chi connectivity index (χ1n) is 11.1. The molecule has 8 nitrogen and oxygen atoms in total. The molecular weight excluding hydrogens is 394 g/mol. The molecule has 162 valence electrons. The molecule has 1 aliphatic heterocycles. The summed E-state index contributed by atoms with van der Waals surface area (Å²) in [5.41, 5.74) is 2.29. The molecule has 4 heterocycles. The predicted octanol–water partition coefficient (Wildman–Crippen LogP) is 3.46. The highest BCUT2D eigenvalue weighted by Gasteiger charge is 2.55. The average molecular weight is 422 g/mol. The van der Waals surface area contributed by atoms with E-state index in [1.54, 1.807) is 16.9 Å². The lowest BCUT2D eigenvalue weighted by Gasteiger charge is -2.27. The zero-order valence-corrected chi connectivity index (χ0v) is 17.9. The predicted molar refractivity (Wildman–Crippen MR) is 115 cm³/mol. The number of ether oxygens (including phenoxy) is 2. The lowest BCUT2D eigenvalue weighted by atomic mass is 9.84. The van der Waals surface area contributed by atoms with Gasteiger partial charge < -0.3 is 19.2 Å². The number of imidazole rings is 1. The van der Waals surface area contributed by atoms with E-state index < -0.39 is 0 Å². The normalized spacial score (nSPS) is 27.5. The quantitative estimate of drug-likeness (QED) is 0.682. The Hall–Kier alpha value is -2.87. The summed E-state index contributed by atoms with van der Waals surface area (Å²) >= 11 is 0. The molecule has 3 aliphatic rings. The van der Waals surface area contributed by atoms with Crippen LogP contribution in [0.15, 0.2) is 30.7 Å². The van der Waals surface area contributed by atoms with Gasteiger partial charge in [0, 0.05) is 43.2 Å². The van der Waals surface area contributed by atoms with Crippen molar-refractivity contribution in [1.82, 2.24) is 19.2 Å². The molecule has 1 N–H and O–H groups in total. The Morgan fingerprint density at radius 1 is 1.32 bits per heavy atom. The molecule has 1 saturated heterocycles. The molecule has 1 amide bonds. The lowest BCUT2D eigenvalue weighted by Crippen LogP contribution is -2.26. The Morgan fingerprint density at radius 2 is 2.19 bits per heavy atom. The third-order valence-corrected chi connectivity index (χ3v) is 7.19. The van der Waals surface area contributed by atoms with Gasteiger partial charge in [0.1, 0.15) is 11.4 Å². The molecule has 3 fully saturated rings. The molecular formula is C23H27N5O3. The van der Waals surface area contributed by atoms with Crippen LogP contribution < -0.4 is 10.1 Å². The van der Waals surface area contributed by atoms with Crippen LogP contribution in [0.1, 0.15) is 61.5 Å². The van der Waals surface area contributed by atoms with E-state index in [1.807, 2.05) is 23.7 Å². The van der Waals surface area contributed by atoms with Crippen molar-refractivity contribution in [3.8, 4) is 5.75 Å². The van der Waals surface area contributed by atoms with E-state index in [2.05, 4.69) is 23.5 Å². The molecule has 3 aromatic rings. The summed E-state index contributed by atoms with van der Waals surface area (Å²) in [6.07, 6.45) is 12.2. The molecule has 3 aromatic heterocycles. The maximum Gasteiger partial charge on any atom is 0.262 e. The fraction of sp³-hybridized carbons (Fsp3) is 0.522. The fourth-order valence-electron chi connectivity index (χ4n) is 5.12. The number of pyridine rings is 1. The summed E-state index contributed by atoms with van der Waals surface area (Å²) in [7, 11) is 1.82. The third kappa shape index (κ3) is 3.12. The number of nitrogens with zero attached hydrogens (tertiary/aromatic N) is 4. The van der Waals surface area contributed by atoms with Gasteiger partial charge >= 0.3 is 0 Å². The van der Waals surface area contributed by atoms with Crippen LogP contribution >= 0.6 is 0 Å². The number of amides is 1. The molecule has 0 spiro atoms. The van der Waals surface area contributed by atoms with Gasteiger partial charge in [0.15, 0.2) is 5.82 Å². The second-order valence-corrected chi connectivity index (χ2v) is 9.64. The van der Waals surface area contributed by atoms with Gasteiger partial charge in [-0.2, -0.15) is 5.10 Å². The van der Waals surface area contributed by atoms with Crippen molar-refractivity contribution in [3.05, 3.63) is 42.0 Å². The zero-order valence-electron chi connectivity index (χ0n) is 17.9. The number of carbonyl (C=O) groups excluding carboxylic acids is 1. The van der Waals surface area contributed by atoms with Gasteiger partial charge in [-0.05, 0) is 45.4 Å². The second-order valence-electron chi connectivity index (χ2n) is 9.64. The minimum atomic E-state index is -0.235. The highest BCUT2D eigenvalue weighted by atomic mass is 16.5. The molecule has 8 heteroatoms. The molecule has 2 atom stereocenters. The number of carbonyl (C=O) groups is 1. The summed E-state index contributed by atoms with van der Waals surface area (Å²) in [4.78, 5) is 18.1. The molecule has 31 heavy (non-hydrogen) atoms. The van der Waals surface area contributed by atoms with Crippen LogP contribution in [-0.2, 0) is 17.2 Å². The van der Waals surface area contributed by atoms with E-state index in [0.717, 1.165) is 49.9 Å². The number of hydrogen-bond donors (Lipinski definition) is 1. The van der Waals surface area contributed by atoms with E-state index >= 15 is 0 Å². The van der Waals surface area contributed by atoms with E-state index in [9.17, 15) is 4.79 Å². The Morgan fingerprint density at radius 3 is 2.81 bits per heavy atom. The summed E-state index contributed by atoms with van der Waals surface area (Å²) in [6, 6.07) is 3.67. The first kappa shape index (κ1) is 18.9. The number of fused-ring (bicyclic) bond motifs is 3. The van der Waals surface area contributed by atoms with Gasteiger partial charge in [-0.15, -0.1) is 0 Å². The Labute approximate surface area is 180 Å². The summed E-state index contributed by atoms with van der Waals surface area (Å²) in [6.45, 7) is 2.91. The van der Waals surface area contributed by atoms with E-state index in [-0.39, 0.29) is 23.0 Å². The zero-order chi connectivity index (χ0) is 21.2. The Balaban J connectivity index is 1.38. The summed E-state index contributed by atoms with van der Waals surface area (Å²) in [5, 5.41) is 7.14. The van der Waals surface area contributed by atoms with E-state index in [1.165, 1.54) is 0 Å². The molecule has 2 saturated carbocycles. The van der Waals surface area contributed by atoms with Crippen LogP contribution in [-0.4, -0.2) is 43.4 Å². The van der Waals surface area contributed by atoms with Crippen molar-refractivity contribution < 1.29 is 14.3 Å². The first-order valence-corrected chi connectivity index (χ1v) is 11.1.